The number of alkyl carbamates (subject to hydrolysis) is 2. The van der Waals surface area contributed by atoms with Crippen LogP contribution in [0.25, 0.3) is 0 Å². The number of hydrogen-bond acceptors (Lipinski definition) is 11. The van der Waals surface area contributed by atoms with Gasteiger partial charge in [0.25, 0.3) is 0 Å². The van der Waals surface area contributed by atoms with E-state index in [1.54, 1.807) is 53.5 Å². The van der Waals surface area contributed by atoms with Crippen molar-refractivity contribution in [2.45, 2.75) is 148 Å². The SMILES string of the molecule is CNC(O)N1CCC2(CC1)CN(C(=O)[C@@H](CCCCNC(=O)OC(C)(C)C)NC(=O)[C@@H](CC(C)C)NC(=O)[C@@H](Cc1ccccc1)NC(=O)[C@@H](Cc1ccccc1)NC(=O)OC(C)(C)C)C2. The standard InChI is InChI=1S/C49H76N8O9/c1-33(2)28-37(53-41(59)38(29-34-18-12-10-13-19-34)54-42(60)39(30-35-20-14-11-15-21-35)55-46(64)66-48(6,7)8)40(58)52-36(22-16-17-25-51-45(63)65-47(3,4)5)43(61)57-31-49(32-57)23-26-56(27-24-49)44(62)50-9/h10-15,18-21,33,36-39,44,50,62H,16-17,22-32H2,1-9H3,(H,51,63)(H,52,58)(H,53,59)(H,54,60)(H,55,64)/t36-,37-,38-,39-,44?/m1/s1. The van der Waals surface area contributed by atoms with Gasteiger partial charge in [-0.25, -0.2) is 9.59 Å². The van der Waals surface area contributed by atoms with Crippen LogP contribution in [0.15, 0.2) is 60.7 Å². The number of aliphatic hydroxyl groups excluding tert-OH is 1. The van der Waals surface area contributed by atoms with Crippen LogP contribution in [0.4, 0.5) is 9.59 Å². The van der Waals surface area contributed by atoms with Crippen molar-refractivity contribution in [3.05, 3.63) is 71.8 Å². The first-order chi connectivity index (χ1) is 31.0. The minimum Gasteiger partial charge on any atom is -0.444 e. The first kappa shape index (κ1) is 53.4. The Bertz CT molecular complexity index is 1890. The largest absolute Gasteiger partial charge is 0.444 e. The van der Waals surface area contributed by atoms with E-state index in [-0.39, 0.29) is 42.9 Å². The fraction of sp³-hybridized carbons (Fsp3) is 0.633. The highest BCUT2D eigenvalue weighted by Gasteiger charge is 2.48. The normalized spacial score (nSPS) is 17.3. The van der Waals surface area contributed by atoms with Crippen molar-refractivity contribution in [3.63, 3.8) is 0 Å². The third-order valence-electron chi connectivity index (χ3n) is 11.6. The second-order valence-electron chi connectivity index (χ2n) is 20.2. The van der Waals surface area contributed by atoms with Crippen LogP contribution in [0.3, 0.4) is 0 Å². The van der Waals surface area contributed by atoms with Crippen LogP contribution in [-0.2, 0) is 41.5 Å². The van der Waals surface area contributed by atoms with Crippen LogP contribution in [0.2, 0.25) is 0 Å². The number of ether oxygens (including phenoxy) is 2. The summed E-state index contributed by atoms with van der Waals surface area (Å²) in [6, 6.07) is 14.1. The van der Waals surface area contributed by atoms with E-state index in [4.69, 9.17) is 9.47 Å². The van der Waals surface area contributed by atoms with Gasteiger partial charge in [0, 0.05) is 51.0 Å². The molecule has 1 unspecified atom stereocenters. The lowest BCUT2D eigenvalue weighted by Crippen LogP contribution is -2.66. The number of piperidine rings is 1. The van der Waals surface area contributed by atoms with Crippen molar-refractivity contribution in [1.82, 2.24) is 41.7 Å². The summed E-state index contributed by atoms with van der Waals surface area (Å²) >= 11 is 0. The number of benzene rings is 2. The molecule has 5 atom stereocenters. The minimum atomic E-state index is -1.16. The fourth-order valence-electron chi connectivity index (χ4n) is 8.20. The molecule has 0 aromatic heterocycles. The molecule has 0 aliphatic carbocycles. The number of rotatable bonds is 21. The van der Waals surface area contributed by atoms with Gasteiger partial charge in [-0.15, -0.1) is 0 Å². The number of unbranched alkanes of at least 4 members (excludes halogenated alkanes) is 1. The lowest BCUT2D eigenvalue weighted by molar-refractivity contribution is -0.153. The zero-order valence-electron chi connectivity index (χ0n) is 40.5. The van der Waals surface area contributed by atoms with Crippen molar-refractivity contribution in [1.29, 1.82) is 0 Å². The molecule has 0 saturated carbocycles. The molecule has 2 aromatic carbocycles. The Morgan fingerprint density at radius 3 is 1.64 bits per heavy atom. The maximum atomic E-state index is 14.4. The molecule has 2 aromatic rings. The number of carbonyl (C=O) groups excluding carboxylic acids is 6. The van der Waals surface area contributed by atoms with Crippen molar-refractivity contribution in [3.8, 4) is 0 Å². The number of nitrogens with zero attached hydrogens (tertiary/aromatic N) is 2. The number of nitrogens with one attached hydrogen (secondary N) is 6. The molecule has 2 aliphatic heterocycles. The Labute approximate surface area is 391 Å². The number of aliphatic hydroxyl groups is 1. The molecule has 66 heavy (non-hydrogen) atoms. The van der Waals surface area contributed by atoms with E-state index < -0.39 is 71.6 Å². The number of carbonyl (C=O) groups is 6. The van der Waals surface area contributed by atoms with E-state index in [2.05, 4.69) is 31.9 Å². The van der Waals surface area contributed by atoms with E-state index >= 15 is 0 Å². The smallest absolute Gasteiger partial charge is 0.408 e. The quantitative estimate of drug-likeness (QED) is 0.0702. The monoisotopic (exact) mass is 921 g/mol. The Morgan fingerprint density at radius 1 is 0.667 bits per heavy atom. The molecule has 7 N–H and O–H groups in total. The van der Waals surface area contributed by atoms with Gasteiger partial charge in [0.2, 0.25) is 23.6 Å². The predicted octanol–water partition coefficient (Wildman–Crippen LogP) is 3.98. The van der Waals surface area contributed by atoms with E-state index in [1.807, 2.05) is 79.4 Å². The second-order valence-corrected chi connectivity index (χ2v) is 20.2. The lowest BCUT2D eigenvalue weighted by Gasteiger charge is -2.55. The summed E-state index contributed by atoms with van der Waals surface area (Å²) in [4.78, 5) is 86.3. The van der Waals surface area contributed by atoms with Crippen molar-refractivity contribution in [2.75, 3.05) is 39.8 Å². The molecule has 4 rings (SSSR count). The third kappa shape index (κ3) is 17.9. The summed E-state index contributed by atoms with van der Waals surface area (Å²) in [6.45, 7) is 17.1. The van der Waals surface area contributed by atoms with Gasteiger partial charge < -0.3 is 46.1 Å². The minimum absolute atomic E-state index is 0.0490. The van der Waals surface area contributed by atoms with Gasteiger partial charge in [0.05, 0.1) is 0 Å². The molecular weight excluding hydrogens is 845 g/mol. The van der Waals surface area contributed by atoms with E-state index in [9.17, 15) is 33.9 Å². The molecule has 2 fully saturated rings. The number of amides is 6. The van der Waals surface area contributed by atoms with Gasteiger partial charge in [-0.05, 0) is 104 Å². The molecule has 2 aliphatic rings. The average molecular weight is 921 g/mol. The first-order valence-electron chi connectivity index (χ1n) is 23.4. The average Bonchev–Trinajstić information content (AvgIpc) is 3.23. The van der Waals surface area contributed by atoms with Gasteiger partial charge in [0.1, 0.15) is 35.4 Å². The lowest BCUT2D eigenvalue weighted by atomic mass is 9.71. The summed E-state index contributed by atoms with van der Waals surface area (Å²) in [6.07, 6.45) is 1.32. The van der Waals surface area contributed by atoms with E-state index in [1.165, 1.54) is 0 Å². The molecule has 1 spiro atoms. The van der Waals surface area contributed by atoms with E-state index in [0.29, 0.717) is 45.6 Å². The van der Waals surface area contributed by atoms with Crippen LogP contribution >= 0.6 is 0 Å². The van der Waals surface area contributed by atoms with Gasteiger partial charge >= 0.3 is 12.2 Å². The van der Waals surface area contributed by atoms with Crippen molar-refractivity contribution >= 4 is 35.8 Å². The highest BCUT2D eigenvalue weighted by Crippen LogP contribution is 2.41. The van der Waals surface area contributed by atoms with Crippen molar-refractivity contribution < 1.29 is 43.3 Å². The molecule has 2 heterocycles. The Kier molecular flexibility index (Phi) is 19.8. The van der Waals surface area contributed by atoms with Crippen LogP contribution in [-0.4, -0.2) is 132 Å². The van der Waals surface area contributed by atoms with Crippen LogP contribution in [0.5, 0.6) is 0 Å². The Morgan fingerprint density at radius 2 is 1.14 bits per heavy atom. The number of hydrogen-bond donors (Lipinski definition) is 7. The van der Waals surface area contributed by atoms with Gasteiger partial charge in [-0.2, -0.15) is 0 Å². The summed E-state index contributed by atoms with van der Waals surface area (Å²) < 4.78 is 10.8. The third-order valence-corrected chi connectivity index (χ3v) is 11.6. The van der Waals surface area contributed by atoms with Gasteiger partial charge in [-0.1, -0.05) is 74.5 Å². The molecule has 2 saturated heterocycles. The maximum absolute atomic E-state index is 14.4. The zero-order valence-corrected chi connectivity index (χ0v) is 40.5. The predicted molar refractivity (Wildman–Crippen MR) is 252 cm³/mol. The molecule has 17 heteroatoms. The second kappa shape index (κ2) is 24.5. The number of likely N-dealkylation sites (tertiary alicyclic amines) is 2. The first-order valence-corrected chi connectivity index (χ1v) is 23.4. The Hall–Kier alpha value is -5.26. The van der Waals surface area contributed by atoms with Crippen molar-refractivity contribution in [2.24, 2.45) is 11.3 Å². The maximum Gasteiger partial charge on any atom is 0.408 e. The molecule has 6 amide bonds. The molecule has 0 bridgehead atoms. The topological polar surface area (TPSA) is 220 Å². The molecule has 366 valence electrons. The summed E-state index contributed by atoms with van der Waals surface area (Å²) in [5.74, 6) is -2.04. The van der Waals surface area contributed by atoms with Crippen LogP contribution < -0.4 is 31.9 Å². The molecular formula is C49H76N8O9. The molecule has 0 radical (unpaired) electrons. The Balaban J connectivity index is 1.52. The van der Waals surface area contributed by atoms with Gasteiger partial charge in [0.15, 0.2) is 6.35 Å². The fourth-order valence-corrected chi connectivity index (χ4v) is 8.20. The van der Waals surface area contributed by atoms with E-state index in [0.717, 1.165) is 24.0 Å². The van der Waals surface area contributed by atoms with Crippen LogP contribution in [0, 0.1) is 11.3 Å². The van der Waals surface area contributed by atoms with Crippen LogP contribution in [0.1, 0.15) is 105 Å². The molecule has 17 nitrogen and oxygen atoms in total. The summed E-state index contributed by atoms with van der Waals surface area (Å²) in [7, 11) is 1.70. The summed E-state index contributed by atoms with van der Waals surface area (Å²) in [5.41, 5.74) is -0.0126. The van der Waals surface area contributed by atoms with Gasteiger partial charge in [-0.3, -0.25) is 29.4 Å². The zero-order chi connectivity index (χ0) is 48.7. The summed E-state index contributed by atoms with van der Waals surface area (Å²) in [5, 5.41) is 27.4. The highest BCUT2D eigenvalue weighted by molar-refractivity contribution is 5.95. The highest BCUT2D eigenvalue weighted by atomic mass is 16.6.